The van der Waals surface area contributed by atoms with E-state index in [1.165, 1.54) is 22.7 Å². The zero-order valence-electron chi connectivity index (χ0n) is 27.2. The molecule has 2 atom stereocenters. The number of aliphatic hydroxyl groups excluding tert-OH is 1. The van der Waals surface area contributed by atoms with E-state index in [0.717, 1.165) is 22.5 Å². The van der Waals surface area contributed by atoms with Crippen LogP contribution >= 0.6 is 23.1 Å². The van der Waals surface area contributed by atoms with Gasteiger partial charge in [-0.15, -0.1) is 10.2 Å². The fraction of sp³-hybridized carbons (Fsp3) is 0.211. The van der Waals surface area contributed by atoms with Gasteiger partial charge in [0.15, 0.2) is 15.8 Å². The Balaban J connectivity index is 1.28. The monoisotopic (exact) mass is 709 g/mol. The van der Waals surface area contributed by atoms with Crippen LogP contribution in [0.5, 0.6) is 17.2 Å². The predicted molar refractivity (Wildman–Crippen MR) is 189 cm³/mol. The molecule has 4 aromatic carbocycles. The Bertz CT molecular complexity index is 2100. The molecule has 0 aliphatic carbocycles. The van der Waals surface area contributed by atoms with Gasteiger partial charge < -0.3 is 19.3 Å². The normalized spacial score (nSPS) is 17.9. The number of hydrogen-bond donors (Lipinski definition) is 1. The van der Waals surface area contributed by atoms with Crippen LogP contribution in [-0.2, 0) is 28.4 Å². The third-order valence-electron chi connectivity index (χ3n) is 8.35. The lowest BCUT2D eigenvalue weighted by Crippen LogP contribution is -2.29. The maximum Gasteiger partial charge on any atom is 0.301 e. The summed E-state index contributed by atoms with van der Waals surface area (Å²) in [4.78, 5) is 29.0. The molecular formula is C38H32FN3O6S2. The molecule has 1 N–H and O–H groups in total. The predicted octanol–water partition coefficient (Wildman–Crippen LogP) is 7.90. The molecule has 50 heavy (non-hydrogen) atoms. The van der Waals surface area contributed by atoms with Crippen molar-refractivity contribution in [3.63, 3.8) is 0 Å². The summed E-state index contributed by atoms with van der Waals surface area (Å²) >= 11 is 2.37. The Morgan fingerprint density at radius 3 is 2.60 bits per heavy atom. The number of nitrogens with zero attached hydrogens (tertiary/aromatic N) is 3. The third kappa shape index (κ3) is 6.68. The maximum absolute atomic E-state index is 14.3. The summed E-state index contributed by atoms with van der Waals surface area (Å²) in [6.45, 7) is 4.44. The van der Waals surface area contributed by atoms with Gasteiger partial charge in [-0.25, -0.2) is 4.39 Å². The molecule has 0 spiro atoms. The number of rotatable bonds is 11. The van der Waals surface area contributed by atoms with Crippen molar-refractivity contribution in [2.75, 3.05) is 11.5 Å². The molecule has 1 saturated heterocycles. The van der Waals surface area contributed by atoms with Crippen molar-refractivity contribution in [1.82, 2.24) is 10.2 Å². The van der Waals surface area contributed by atoms with Crippen LogP contribution in [0.25, 0.3) is 5.76 Å². The smallest absolute Gasteiger partial charge is 0.301 e. The second-order valence-corrected chi connectivity index (χ2v) is 13.9. The number of benzene rings is 4. The fourth-order valence-electron chi connectivity index (χ4n) is 6.00. The van der Waals surface area contributed by atoms with E-state index in [0.29, 0.717) is 63.7 Å². The van der Waals surface area contributed by atoms with Crippen LogP contribution in [0, 0.1) is 5.82 Å². The van der Waals surface area contributed by atoms with Crippen molar-refractivity contribution in [3.05, 3.63) is 130 Å². The minimum atomic E-state index is -1.07. The van der Waals surface area contributed by atoms with Gasteiger partial charge in [0.1, 0.15) is 30.0 Å². The average Bonchev–Trinajstić information content (AvgIpc) is 3.82. The first-order chi connectivity index (χ1) is 24.3. The second kappa shape index (κ2) is 14.3. The molecule has 1 amide bonds. The number of aromatic nitrogens is 2. The first-order valence-corrected chi connectivity index (χ1v) is 17.8. The number of halogens is 1. The van der Waals surface area contributed by atoms with E-state index in [9.17, 15) is 19.1 Å². The molecule has 1 fully saturated rings. The van der Waals surface area contributed by atoms with Gasteiger partial charge in [0.25, 0.3) is 5.78 Å². The zero-order chi connectivity index (χ0) is 34.8. The number of carbonyl (C=O) groups is 2. The second-order valence-electron chi connectivity index (χ2n) is 11.8. The highest BCUT2D eigenvalue weighted by Crippen LogP contribution is 2.46. The van der Waals surface area contributed by atoms with Crippen molar-refractivity contribution in [1.29, 1.82) is 0 Å². The molecule has 0 bridgehead atoms. The summed E-state index contributed by atoms with van der Waals surface area (Å²) in [6.07, 6.45) is 0.629. The van der Waals surface area contributed by atoms with Gasteiger partial charge >= 0.3 is 5.91 Å². The molecule has 254 valence electrons. The summed E-state index contributed by atoms with van der Waals surface area (Å²) in [5.74, 6) is -0.474. The number of ether oxygens (including phenoxy) is 3. The molecule has 2 aliphatic rings. The standard InChI is InChI=1S/C38H32FN3O6S2/c1-3-46-31-19-24(13-16-30(31)47-20-23-9-5-4-6-10-23)33-32(34(43)25-14-15-29-27(18-25)17-22(2)48-29)35(44)36(45)42(33)37-40-41-38(50-37)49-21-26-11-7-8-12-28(26)39/h4-16,18-19,22,33,43H,3,17,20-21H2,1-2H3/b34-32-. The number of Topliss-reactive ketones (excluding diaryl/α,β-unsaturated/α-hetero) is 1. The van der Waals surface area contributed by atoms with Crippen molar-refractivity contribution in [2.45, 2.75) is 49.1 Å². The highest BCUT2D eigenvalue weighted by molar-refractivity contribution is 8.00. The largest absolute Gasteiger partial charge is 0.507 e. The number of fused-ring (bicyclic) bond motifs is 1. The summed E-state index contributed by atoms with van der Waals surface area (Å²) < 4.78 is 32.7. The first-order valence-electron chi connectivity index (χ1n) is 16.0. The van der Waals surface area contributed by atoms with E-state index in [1.807, 2.05) is 44.2 Å². The van der Waals surface area contributed by atoms with E-state index in [-0.39, 0.29) is 28.4 Å². The van der Waals surface area contributed by atoms with Crippen LogP contribution in [0.1, 0.15) is 47.7 Å². The van der Waals surface area contributed by atoms with Crippen LogP contribution in [-0.4, -0.2) is 39.7 Å². The van der Waals surface area contributed by atoms with Gasteiger partial charge in [-0.05, 0) is 72.5 Å². The highest BCUT2D eigenvalue weighted by Gasteiger charge is 2.48. The lowest BCUT2D eigenvalue weighted by atomic mass is 9.94. The lowest BCUT2D eigenvalue weighted by molar-refractivity contribution is -0.132. The zero-order valence-corrected chi connectivity index (χ0v) is 28.8. The Labute approximate surface area is 296 Å². The number of ketones is 1. The molecule has 2 aliphatic heterocycles. The molecule has 12 heteroatoms. The molecule has 1 aromatic heterocycles. The summed E-state index contributed by atoms with van der Waals surface area (Å²) in [7, 11) is 0. The van der Waals surface area contributed by atoms with Crippen LogP contribution in [0.2, 0.25) is 0 Å². The van der Waals surface area contributed by atoms with Crippen LogP contribution in [0.3, 0.4) is 0 Å². The molecule has 7 rings (SSSR count). The van der Waals surface area contributed by atoms with E-state index in [2.05, 4.69) is 10.2 Å². The Hall–Kier alpha value is -5.20. The van der Waals surface area contributed by atoms with E-state index < -0.39 is 17.7 Å². The Morgan fingerprint density at radius 1 is 1.00 bits per heavy atom. The highest BCUT2D eigenvalue weighted by atomic mass is 32.2. The van der Waals surface area contributed by atoms with Gasteiger partial charge in [0.05, 0.1) is 18.2 Å². The summed E-state index contributed by atoms with van der Waals surface area (Å²) in [5.41, 5.74) is 3.15. The summed E-state index contributed by atoms with van der Waals surface area (Å²) in [6, 6.07) is 25.5. The third-order valence-corrected chi connectivity index (χ3v) is 10.4. The Morgan fingerprint density at radius 2 is 1.80 bits per heavy atom. The topological polar surface area (TPSA) is 111 Å². The minimum Gasteiger partial charge on any atom is -0.507 e. The number of anilines is 1. The fourth-order valence-corrected chi connectivity index (χ4v) is 7.85. The van der Waals surface area contributed by atoms with Crippen LogP contribution in [0.15, 0.2) is 101 Å². The van der Waals surface area contributed by atoms with Gasteiger partial charge in [-0.1, -0.05) is 77.7 Å². The van der Waals surface area contributed by atoms with Crippen molar-refractivity contribution in [3.8, 4) is 17.2 Å². The molecule has 9 nitrogen and oxygen atoms in total. The first kappa shape index (κ1) is 33.3. The molecule has 2 unspecified atom stereocenters. The average molecular weight is 710 g/mol. The quantitative estimate of drug-likeness (QED) is 0.0481. The van der Waals surface area contributed by atoms with Gasteiger partial charge in [0.2, 0.25) is 5.13 Å². The lowest BCUT2D eigenvalue weighted by Gasteiger charge is -2.24. The van der Waals surface area contributed by atoms with Crippen LogP contribution < -0.4 is 19.1 Å². The number of thioether (sulfide) groups is 1. The summed E-state index contributed by atoms with van der Waals surface area (Å²) in [5, 5.41) is 20.5. The Kier molecular flexibility index (Phi) is 9.55. The molecular weight excluding hydrogens is 678 g/mol. The van der Waals surface area contributed by atoms with Crippen molar-refractivity contribution < 1.29 is 33.3 Å². The van der Waals surface area contributed by atoms with E-state index in [1.54, 1.807) is 54.6 Å². The number of amides is 1. The van der Waals surface area contributed by atoms with E-state index in [4.69, 9.17) is 14.2 Å². The van der Waals surface area contributed by atoms with Crippen molar-refractivity contribution >= 4 is 45.7 Å². The van der Waals surface area contributed by atoms with Gasteiger partial charge in [0, 0.05) is 17.7 Å². The number of hydrogen-bond acceptors (Lipinski definition) is 10. The minimum absolute atomic E-state index is 0.0181. The number of aliphatic hydroxyl groups is 1. The molecule has 0 radical (unpaired) electrons. The van der Waals surface area contributed by atoms with Gasteiger partial charge in [-0.2, -0.15) is 0 Å². The SMILES string of the molecule is CCOc1cc(C2/C(=C(/O)c3ccc4c(c3)CC(C)O4)C(=O)C(=O)N2c2nnc(SCc3ccccc3F)s2)ccc1OCc1ccccc1. The van der Waals surface area contributed by atoms with E-state index >= 15 is 0 Å². The van der Waals surface area contributed by atoms with Gasteiger partial charge in [-0.3, -0.25) is 14.5 Å². The molecule has 0 saturated carbocycles. The molecule has 5 aromatic rings. The maximum atomic E-state index is 14.3. The number of carbonyl (C=O) groups excluding carboxylic acids is 2. The molecule has 3 heterocycles. The van der Waals surface area contributed by atoms with Crippen LogP contribution in [0.4, 0.5) is 9.52 Å². The van der Waals surface area contributed by atoms with Crippen molar-refractivity contribution in [2.24, 2.45) is 0 Å².